The molecule has 0 saturated carbocycles. The third kappa shape index (κ3) is 3.97. The molecule has 1 rings (SSSR count). The zero-order valence-corrected chi connectivity index (χ0v) is 8.72. The minimum Gasteiger partial charge on any atom is -0.374 e. The van der Waals surface area contributed by atoms with E-state index in [0.717, 1.165) is 19.7 Å². The van der Waals surface area contributed by atoms with Crippen molar-refractivity contribution in [1.82, 2.24) is 10.2 Å². The summed E-state index contributed by atoms with van der Waals surface area (Å²) in [7, 11) is 2.05. The molecule has 1 unspecified atom stereocenters. The Morgan fingerprint density at radius 3 is 3.15 bits per heavy atom. The Bertz CT molecular complexity index is 178. The Labute approximate surface area is 84.0 Å². The molecule has 1 fully saturated rings. The summed E-state index contributed by atoms with van der Waals surface area (Å²) in [5.41, 5.74) is 0. The molecular formula is C8H16N2O2S. The summed E-state index contributed by atoms with van der Waals surface area (Å²) >= 11 is 3.87. The van der Waals surface area contributed by atoms with Gasteiger partial charge in [0.1, 0.15) is 0 Å². The second kappa shape index (κ2) is 5.47. The molecule has 1 heterocycles. The van der Waals surface area contributed by atoms with E-state index in [1.807, 2.05) is 0 Å². The van der Waals surface area contributed by atoms with Crippen molar-refractivity contribution in [2.75, 3.05) is 39.0 Å². The monoisotopic (exact) mass is 204 g/mol. The first-order valence-corrected chi connectivity index (χ1v) is 5.03. The largest absolute Gasteiger partial charge is 0.374 e. The van der Waals surface area contributed by atoms with E-state index in [0.29, 0.717) is 6.54 Å². The standard InChI is InChI=1S/C8H16N2O2S/c1-10-2-3-12-7(5-10)4-9-8(11)6-13/h7,13H,2-6H2,1H3,(H,9,11). The highest BCUT2D eigenvalue weighted by atomic mass is 32.1. The molecule has 0 aliphatic carbocycles. The number of carbonyl (C=O) groups is 1. The summed E-state index contributed by atoms with van der Waals surface area (Å²) < 4.78 is 5.46. The molecule has 1 aliphatic rings. The number of amides is 1. The van der Waals surface area contributed by atoms with Gasteiger partial charge in [-0.05, 0) is 7.05 Å². The second-order valence-electron chi connectivity index (χ2n) is 3.22. The van der Waals surface area contributed by atoms with Crippen molar-refractivity contribution in [3.63, 3.8) is 0 Å². The first-order chi connectivity index (χ1) is 6.22. The molecular weight excluding hydrogens is 188 g/mol. The fraction of sp³-hybridized carbons (Fsp3) is 0.875. The number of thiol groups is 1. The molecule has 0 aromatic rings. The normalized spacial score (nSPS) is 24.3. The minimum atomic E-state index is -0.0415. The van der Waals surface area contributed by atoms with Gasteiger partial charge in [-0.2, -0.15) is 12.6 Å². The maximum atomic E-state index is 10.9. The average molecular weight is 204 g/mol. The molecule has 0 aromatic carbocycles. The van der Waals surface area contributed by atoms with Crippen molar-refractivity contribution < 1.29 is 9.53 Å². The smallest absolute Gasteiger partial charge is 0.229 e. The van der Waals surface area contributed by atoms with Crippen LogP contribution in [-0.2, 0) is 9.53 Å². The summed E-state index contributed by atoms with van der Waals surface area (Å²) in [5.74, 6) is 0.197. The van der Waals surface area contributed by atoms with Crippen LogP contribution in [0.15, 0.2) is 0 Å². The van der Waals surface area contributed by atoms with Crippen LogP contribution in [0.4, 0.5) is 0 Å². The first-order valence-electron chi connectivity index (χ1n) is 4.40. The lowest BCUT2D eigenvalue weighted by Gasteiger charge is -2.29. The predicted molar refractivity (Wildman–Crippen MR) is 54.1 cm³/mol. The van der Waals surface area contributed by atoms with Crippen LogP contribution in [0.1, 0.15) is 0 Å². The van der Waals surface area contributed by atoms with E-state index in [2.05, 4.69) is 29.9 Å². The SMILES string of the molecule is CN1CCOC(CNC(=O)CS)C1. The van der Waals surface area contributed by atoms with E-state index < -0.39 is 0 Å². The zero-order chi connectivity index (χ0) is 9.68. The average Bonchev–Trinajstić information content (AvgIpc) is 2.14. The maximum Gasteiger partial charge on any atom is 0.229 e. The fourth-order valence-corrected chi connectivity index (χ4v) is 1.39. The number of likely N-dealkylation sites (N-methyl/N-ethyl adjacent to an activating group) is 1. The van der Waals surface area contributed by atoms with E-state index in [1.54, 1.807) is 0 Å². The van der Waals surface area contributed by atoms with Crippen LogP contribution < -0.4 is 5.32 Å². The van der Waals surface area contributed by atoms with Gasteiger partial charge in [0.25, 0.3) is 0 Å². The Balaban J connectivity index is 2.17. The lowest BCUT2D eigenvalue weighted by molar-refractivity contribution is -0.119. The molecule has 1 atom stereocenters. The van der Waals surface area contributed by atoms with Crippen molar-refractivity contribution in [2.24, 2.45) is 0 Å². The van der Waals surface area contributed by atoms with Gasteiger partial charge in [-0.3, -0.25) is 4.79 Å². The van der Waals surface area contributed by atoms with Crippen LogP contribution in [0.25, 0.3) is 0 Å². The van der Waals surface area contributed by atoms with Gasteiger partial charge in [-0.25, -0.2) is 0 Å². The summed E-state index contributed by atoms with van der Waals surface area (Å²) in [4.78, 5) is 13.1. The van der Waals surface area contributed by atoms with Gasteiger partial charge in [0.15, 0.2) is 0 Å². The molecule has 1 N–H and O–H groups in total. The van der Waals surface area contributed by atoms with Crippen LogP contribution in [0, 0.1) is 0 Å². The zero-order valence-electron chi connectivity index (χ0n) is 7.82. The van der Waals surface area contributed by atoms with E-state index in [-0.39, 0.29) is 17.8 Å². The van der Waals surface area contributed by atoms with Gasteiger partial charge in [0, 0.05) is 19.6 Å². The first kappa shape index (κ1) is 10.8. The van der Waals surface area contributed by atoms with Crippen LogP contribution in [0.3, 0.4) is 0 Å². The number of morpholine rings is 1. The molecule has 0 radical (unpaired) electrons. The highest BCUT2D eigenvalue weighted by Gasteiger charge is 2.17. The molecule has 13 heavy (non-hydrogen) atoms. The molecule has 5 heteroatoms. The van der Waals surface area contributed by atoms with Crippen molar-refractivity contribution in [2.45, 2.75) is 6.10 Å². The van der Waals surface area contributed by atoms with Crippen molar-refractivity contribution in [3.05, 3.63) is 0 Å². The number of ether oxygens (including phenoxy) is 1. The van der Waals surface area contributed by atoms with E-state index in [1.165, 1.54) is 0 Å². The summed E-state index contributed by atoms with van der Waals surface area (Å²) in [6.07, 6.45) is 0.127. The third-order valence-electron chi connectivity index (χ3n) is 2.01. The lowest BCUT2D eigenvalue weighted by atomic mass is 10.3. The van der Waals surface area contributed by atoms with Crippen molar-refractivity contribution in [3.8, 4) is 0 Å². The van der Waals surface area contributed by atoms with E-state index in [9.17, 15) is 4.79 Å². The molecule has 1 aliphatic heterocycles. The molecule has 0 bridgehead atoms. The number of rotatable bonds is 3. The van der Waals surface area contributed by atoms with Crippen molar-refractivity contribution >= 4 is 18.5 Å². The third-order valence-corrected chi connectivity index (χ3v) is 2.30. The number of hydrogen-bond acceptors (Lipinski definition) is 4. The fourth-order valence-electron chi connectivity index (χ4n) is 1.27. The van der Waals surface area contributed by atoms with Gasteiger partial charge < -0.3 is 15.0 Å². The molecule has 76 valence electrons. The van der Waals surface area contributed by atoms with Gasteiger partial charge in [0.2, 0.25) is 5.91 Å². The molecule has 1 saturated heterocycles. The lowest BCUT2D eigenvalue weighted by Crippen LogP contribution is -2.46. The summed E-state index contributed by atoms with van der Waals surface area (Å²) in [5, 5.41) is 2.76. The molecule has 0 aromatic heterocycles. The van der Waals surface area contributed by atoms with Crippen LogP contribution in [0.5, 0.6) is 0 Å². The number of nitrogens with one attached hydrogen (secondary N) is 1. The van der Waals surface area contributed by atoms with E-state index >= 15 is 0 Å². The predicted octanol–water partition coefficient (Wildman–Crippen LogP) is -0.637. The van der Waals surface area contributed by atoms with Crippen LogP contribution in [-0.4, -0.2) is 56.0 Å². The Morgan fingerprint density at radius 2 is 2.54 bits per heavy atom. The second-order valence-corrected chi connectivity index (χ2v) is 3.53. The number of hydrogen-bond donors (Lipinski definition) is 2. The number of carbonyl (C=O) groups excluding carboxylic acids is 1. The summed E-state index contributed by atoms with van der Waals surface area (Å²) in [6, 6.07) is 0. The maximum absolute atomic E-state index is 10.9. The minimum absolute atomic E-state index is 0.0415. The van der Waals surface area contributed by atoms with Crippen LogP contribution in [0.2, 0.25) is 0 Å². The molecule has 0 spiro atoms. The summed E-state index contributed by atoms with van der Waals surface area (Å²) in [6.45, 7) is 3.19. The molecule has 1 amide bonds. The van der Waals surface area contributed by atoms with Gasteiger partial charge in [-0.15, -0.1) is 0 Å². The van der Waals surface area contributed by atoms with Crippen LogP contribution >= 0.6 is 12.6 Å². The van der Waals surface area contributed by atoms with Gasteiger partial charge in [-0.1, -0.05) is 0 Å². The Morgan fingerprint density at radius 1 is 1.77 bits per heavy atom. The highest BCUT2D eigenvalue weighted by molar-refractivity contribution is 7.81. The molecule has 4 nitrogen and oxygen atoms in total. The van der Waals surface area contributed by atoms with Gasteiger partial charge in [0.05, 0.1) is 18.5 Å². The Kier molecular flexibility index (Phi) is 4.55. The quantitative estimate of drug-likeness (QED) is 0.601. The van der Waals surface area contributed by atoms with Gasteiger partial charge >= 0.3 is 0 Å². The van der Waals surface area contributed by atoms with E-state index in [4.69, 9.17) is 4.74 Å². The highest BCUT2D eigenvalue weighted by Crippen LogP contribution is 2.01. The topological polar surface area (TPSA) is 41.6 Å². The Hall–Kier alpha value is -0.260. The van der Waals surface area contributed by atoms with Crippen molar-refractivity contribution in [1.29, 1.82) is 0 Å². The number of nitrogens with zero attached hydrogens (tertiary/aromatic N) is 1.